The van der Waals surface area contributed by atoms with Gasteiger partial charge in [-0.15, -0.1) is 0 Å². The summed E-state index contributed by atoms with van der Waals surface area (Å²) in [5, 5.41) is 4.32. The summed E-state index contributed by atoms with van der Waals surface area (Å²) in [6.45, 7) is 6.23. The van der Waals surface area contributed by atoms with Gasteiger partial charge in [-0.3, -0.25) is 38.9 Å². The molecule has 7 N–H and O–H groups in total. The highest BCUT2D eigenvalue weighted by atomic mass is 35.5. The molecule has 1 saturated heterocycles. The molecule has 4 amide bonds. The van der Waals surface area contributed by atoms with Gasteiger partial charge in [0.15, 0.2) is 29.0 Å². The third-order valence-electron chi connectivity index (χ3n) is 19.4. The van der Waals surface area contributed by atoms with Gasteiger partial charge in [-0.05, 0) is 170 Å². The molecule has 89 heavy (non-hydrogen) atoms. The second-order valence-electron chi connectivity index (χ2n) is 25.5. The van der Waals surface area contributed by atoms with E-state index in [-0.39, 0.29) is 41.5 Å². The Hall–Kier alpha value is -7.83. The van der Waals surface area contributed by atoms with Crippen LogP contribution in [0.4, 0.5) is 5.69 Å². The zero-order valence-corrected chi connectivity index (χ0v) is 53.2. The van der Waals surface area contributed by atoms with E-state index in [2.05, 4.69) is 21.4 Å². The molecular weight excluding hydrogens is 1140 g/mol. The minimum absolute atomic E-state index is 0.0530. The van der Waals surface area contributed by atoms with Gasteiger partial charge >= 0.3 is 0 Å². The van der Waals surface area contributed by atoms with Crippen molar-refractivity contribution in [1.82, 2.24) is 24.6 Å². The van der Waals surface area contributed by atoms with Crippen LogP contribution in [0.15, 0.2) is 137 Å². The number of pyridine rings is 1. The van der Waals surface area contributed by atoms with Gasteiger partial charge < -0.3 is 36.9 Å². The molecule has 4 aliphatic heterocycles. The molecule has 7 aliphatic rings. The molecule has 4 aromatic carbocycles. The minimum Gasteiger partial charge on any atom is -0.497 e. The van der Waals surface area contributed by atoms with Crippen molar-refractivity contribution in [3.05, 3.63) is 138 Å². The normalized spacial score (nSPS) is 24.7. The summed E-state index contributed by atoms with van der Waals surface area (Å²) in [6.07, 6.45) is 21.4. The first-order valence-corrected chi connectivity index (χ1v) is 32.3. The van der Waals surface area contributed by atoms with Crippen LogP contribution in [-0.2, 0) is 35.0 Å². The highest BCUT2D eigenvalue weighted by Gasteiger charge is 2.58. The topological polar surface area (TPSA) is 240 Å². The average Bonchev–Trinajstić information content (AvgIpc) is 1.60. The third kappa shape index (κ3) is 14.6. The Bertz CT molecular complexity index is 3420. The molecule has 12 rings (SSSR count). The van der Waals surface area contributed by atoms with Crippen LogP contribution in [0.25, 0.3) is 22.3 Å². The fraction of sp³-hybridized carbons (Fsp3) is 0.486. The Morgan fingerprint density at radius 3 is 1.97 bits per heavy atom. The summed E-state index contributed by atoms with van der Waals surface area (Å²) in [5.41, 5.74) is 22.7. The van der Waals surface area contributed by atoms with Crippen LogP contribution >= 0.6 is 11.6 Å². The molecule has 1 aromatic heterocycles. The molecule has 0 radical (unpaired) electrons. The number of nitrogens with two attached hydrogens (primary N) is 3. The molecule has 3 saturated carbocycles. The lowest BCUT2D eigenvalue weighted by Crippen LogP contribution is -2.46. The van der Waals surface area contributed by atoms with Crippen molar-refractivity contribution in [2.75, 3.05) is 59.4 Å². The van der Waals surface area contributed by atoms with Crippen LogP contribution in [0.5, 0.6) is 5.75 Å². The maximum atomic E-state index is 13.5. The van der Waals surface area contributed by atoms with Crippen molar-refractivity contribution in [3.63, 3.8) is 0 Å². The second-order valence-corrected chi connectivity index (χ2v) is 25.9. The molecule has 5 heterocycles. The largest absolute Gasteiger partial charge is 0.497 e. The number of hydrogen-bond donors (Lipinski definition) is 4. The van der Waals surface area contributed by atoms with Crippen molar-refractivity contribution in [1.29, 1.82) is 0 Å². The van der Waals surface area contributed by atoms with Gasteiger partial charge in [-0.2, -0.15) is 0 Å². The number of guanidine groups is 3. The molecule has 0 bridgehead atoms. The molecule has 3 aliphatic carbocycles. The van der Waals surface area contributed by atoms with E-state index in [1.54, 1.807) is 49.1 Å². The Kier molecular flexibility index (Phi) is 20.4. The number of rotatable bonds is 18. The van der Waals surface area contributed by atoms with E-state index in [1.165, 1.54) is 51.4 Å². The molecule has 19 heteroatoms. The number of aromatic nitrogens is 1. The number of amides is 4. The fourth-order valence-corrected chi connectivity index (χ4v) is 14.4. The standard InChI is InChI=1S/C25H30N4O3.C24H37N5O.C21H22ClN3O2/c1-17(30)28-12-10-18(11-13-28)16-29-23(31)25(2,27-24(29)26)21-8-4-6-19(14-21)20-7-5-9-22(15-20)32-3;1-29-22(30)24(28-23(29)25,13-12-18-7-3-2-4-8-18)16-19-9-5-10-20(15-19)27-21-11-6-14-26-17-21;1-27-11-10-25-19(26)21(16-8-9-16,24-20(25)23)17-6-2-4-14(12-17)15-5-3-7-18(22)13-15/h4-9,14-15,18H,10-13,16H2,1-3H3,(H2,26,27);6,11,14,17-20,27H,2-5,7-10,12-13,15-16H2,1H3,(H2,25,28);2-7,12-13,16H,8-11H2,1H3,(H2,23,24)/t;19-,20-,24+;/m.0./s1. The Balaban J connectivity index is 0.000000148. The number of carbonyl (C=O) groups excluding carboxylic acids is 4. The number of nitrogens with one attached hydrogen (secondary N) is 1. The smallest absolute Gasteiger partial charge is 0.262 e. The number of hydrogen-bond acceptors (Lipinski definition) is 14. The van der Waals surface area contributed by atoms with Gasteiger partial charge in [0, 0.05) is 64.2 Å². The van der Waals surface area contributed by atoms with Crippen LogP contribution in [0, 0.1) is 23.7 Å². The predicted molar refractivity (Wildman–Crippen MR) is 352 cm³/mol. The molecule has 18 nitrogen and oxygen atoms in total. The van der Waals surface area contributed by atoms with E-state index in [9.17, 15) is 19.2 Å². The van der Waals surface area contributed by atoms with Crippen molar-refractivity contribution in [2.24, 2.45) is 55.8 Å². The van der Waals surface area contributed by atoms with Gasteiger partial charge in [-0.25, -0.2) is 15.0 Å². The fourth-order valence-electron chi connectivity index (χ4n) is 14.2. The number of carbonyl (C=O) groups is 4. The van der Waals surface area contributed by atoms with Gasteiger partial charge in [-0.1, -0.05) is 117 Å². The maximum absolute atomic E-state index is 13.5. The van der Waals surface area contributed by atoms with Crippen LogP contribution in [-0.4, -0.2) is 132 Å². The molecule has 0 spiro atoms. The number of halogens is 1. The second kappa shape index (κ2) is 28.3. The van der Waals surface area contributed by atoms with Gasteiger partial charge in [0.1, 0.15) is 11.3 Å². The lowest BCUT2D eigenvalue weighted by molar-refractivity contribution is -0.133. The number of piperidine rings is 1. The van der Waals surface area contributed by atoms with Crippen molar-refractivity contribution in [3.8, 4) is 28.0 Å². The highest BCUT2D eigenvalue weighted by molar-refractivity contribution is 6.30. The van der Waals surface area contributed by atoms with E-state index in [4.69, 9.17) is 48.3 Å². The van der Waals surface area contributed by atoms with Crippen LogP contribution in [0.3, 0.4) is 0 Å². The van der Waals surface area contributed by atoms with E-state index < -0.39 is 16.6 Å². The molecule has 5 atom stereocenters. The Morgan fingerprint density at radius 2 is 1.33 bits per heavy atom. The number of likely N-dealkylation sites (tertiary alicyclic amines) is 1. The van der Waals surface area contributed by atoms with Crippen LogP contribution in [0.2, 0.25) is 5.02 Å². The number of likely N-dealkylation sites (N-methyl/N-ethyl adjacent to an activating group) is 1. The summed E-state index contributed by atoms with van der Waals surface area (Å²) in [6, 6.07) is 35.9. The molecule has 5 aromatic rings. The number of benzene rings is 4. The van der Waals surface area contributed by atoms with Crippen molar-refractivity contribution in [2.45, 2.75) is 139 Å². The first-order valence-electron chi connectivity index (χ1n) is 31.9. The average molecular weight is 1230 g/mol. The lowest BCUT2D eigenvalue weighted by atomic mass is 9.74. The zero-order chi connectivity index (χ0) is 62.9. The number of ether oxygens (including phenoxy) is 2. The summed E-state index contributed by atoms with van der Waals surface area (Å²) in [7, 11) is 5.03. The van der Waals surface area contributed by atoms with Crippen LogP contribution < -0.4 is 27.3 Å². The maximum Gasteiger partial charge on any atom is 0.262 e. The van der Waals surface area contributed by atoms with Crippen molar-refractivity contribution < 1.29 is 28.7 Å². The lowest BCUT2D eigenvalue weighted by Gasteiger charge is -2.36. The third-order valence-corrected chi connectivity index (χ3v) is 19.6. The number of methoxy groups -OCH3 is 2. The molecule has 4 fully saturated rings. The van der Waals surface area contributed by atoms with Crippen LogP contribution in [0.1, 0.15) is 128 Å². The summed E-state index contributed by atoms with van der Waals surface area (Å²) >= 11 is 6.15. The molecular formula is C70H89ClN12O6. The van der Waals surface area contributed by atoms with E-state index in [0.29, 0.717) is 48.6 Å². The number of anilines is 1. The molecule has 2 unspecified atom stereocenters. The summed E-state index contributed by atoms with van der Waals surface area (Å²) in [5.74, 6) is 3.49. The summed E-state index contributed by atoms with van der Waals surface area (Å²) in [4.78, 5) is 76.6. The minimum atomic E-state index is -1.06. The predicted octanol–water partition coefficient (Wildman–Crippen LogP) is 10.7. The summed E-state index contributed by atoms with van der Waals surface area (Å²) < 4.78 is 10.5. The van der Waals surface area contributed by atoms with Gasteiger partial charge in [0.25, 0.3) is 17.7 Å². The molecule has 472 valence electrons. The Labute approximate surface area is 529 Å². The van der Waals surface area contributed by atoms with E-state index in [0.717, 1.165) is 115 Å². The number of nitrogens with zero attached hydrogens (tertiary/aromatic N) is 8. The van der Waals surface area contributed by atoms with E-state index >= 15 is 0 Å². The monoisotopic (exact) mass is 1230 g/mol. The highest BCUT2D eigenvalue weighted by Crippen LogP contribution is 2.52. The van der Waals surface area contributed by atoms with Gasteiger partial charge in [0.05, 0.1) is 25.9 Å². The number of aliphatic imine (C=N–C) groups is 3. The quantitative estimate of drug-likeness (QED) is 0.0643. The zero-order valence-electron chi connectivity index (χ0n) is 52.4. The van der Waals surface area contributed by atoms with Crippen molar-refractivity contribution >= 4 is 58.8 Å². The first kappa shape index (κ1) is 64.2. The van der Waals surface area contributed by atoms with Gasteiger partial charge in [0.2, 0.25) is 5.91 Å². The van der Waals surface area contributed by atoms with E-state index in [1.807, 2.05) is 121 Å². The SMILES string of the molecule is CN1C(=O)[C@@](CCC2CCCCC2)(C[C@H]2CCC[C@H](Nc3cccnc3)C2)N=C1N.COCCN1C(=O)C(c2cccc(-c3cccc(Cl)c3)c2)(C2CC2)N=C1N.COc1cccc(-c2cccc(C3(C)N=C(N)N(CC4CCN(C(C)=O)CC4)C3=O)c2)c1. The first-order chi connectivity index (χ1) is 42.9. The Morgan fingerprint density at radius 1 is 0.674 bits per heavy atom.